The van der Waals surface area contributed by atoms with Gasteiger partial charge in [0, 0.05) is 98.9 Å². The van der Waals surface area contributed by atoms with Crippen molar-refractivity contribution in [2.24, 2.45) is 4.99 Å². The fourth-order valence-corrected chi connectivity index (χ4v) is 9.77. The Morgan fingerprint density at radius 3 is 1.42 bits per heavy atom. The minimum Gasteiger partial charge on any atom is -0.370 e. The van der Waals surface area contributed by atoms with Crippen molar-refractivity contribution in [2.75, 3.05) is 85.8 Å². The van der Waals surface area contributed by atoms with Gasteiger partial charge in [0.1, 0.15) is 11.9 Å². The van der Waals surface area contributed by atoms with Gasteiger partial charge in [-0.3, -0.25) is 33.4 Å². The molecule has 78 heavy (non-hydrogen) atoms. The zero-order chi connectivity index (χ0) is 57.5. The van der Waals surface area contributed by atoms with Crippen LogP contribution in [0.5, 0.6) is 0 Å². The smallest absolute Gasteiger partial charge is 0.244 e. The van der Waals surface area contributed by atoms with Gasteiger partial charge in [-0.1, -0.05) is 197 Å². The van der Waals surface area contributed by atoms with Gasteiger partial charge < -0.3 is 15.1 Å². The van der Waals surface area contributed by atoms with E-state index >= 15 is 0 Å². The van der Waals surface area contributed by atoms with Crippen LogP contribution in [0.1, 0.15) is 190 Å². The number of hydrogen-bond donors (Lipinski definition) is 1. The molecule has 0 spiro atoms. The third-order valence-electron chi connectivity index (χ3n) is 14.7. The second-order valence-electron chi connectivity index (χ2n) is 22.6. The summed E-state index contributed by atoms with van der Waals surface area (Å²) in [5.41, 5.74) is 11.7. The number of carbonyl (C=O) groups excluding carboxylic acids is 3. The lowest BCUT2D eigenvalue weighted by atomic mass is 9.97. The number of piperazine rings is 2. The molecular formula is C67H96N6O4S. The van der Waals surface area contributed by atoms with E-state index in [1.165, 1.54) is 33.4 Å². The molecule has 5 aromatic carbocycles. The summed E-state index contributed by atoms with van der Waals surface area (Å²) in [5, 5.41) is 3.33. The number of ketones is 2. The zero-order valence-corrected chi connectivity index (χ0v) is 51.1. The van der Waals surface area contributed by atoms with Gasteiger partial charge in [0.15, 0.2) is 11.6 Å². The number of carbonyl (C=O) groups is 3. The Kier molecular flexibility index (Phi) is 27.6. The van der Waals surface area contributed by atoms with Gasteiger partial charge in [0.05, 0.1) is 6.54 Å². The van der Waals surface area contributed by atoms with Crippen LogP contribution in [0.3, 0.4) is 0 Å². The van der Waals surface area contributed by atoms with Crippen molar-refractivity contribution in [1.82, 2.24) is 24.9 Å². The molecule has 2 unspecified atom stereocenters. The van der Waals surface area contributed by atoms with Crippen LogP contribution < -0.4 is 5.32 Å². The molecule has 8 rings (SSSR count). The minimum absolute atomic E-state index is 0.120. The van der Waals surface area contributed by atoms with E-state index in [9.17, 15) is 18.6 Å². The first kappa shape index (κ1) is 64.9. The lowest BCUT2D eigenvalue weighted by Crippen LogP contribution is -2.48. The molecule has 10 nitrogen and oxygen atoms in total. The fourth-order valence-electron chi connectivity index (χ4n) is 9.10. The average Bonchev–Trinajstić information content (AvgIpc) is 3.44. The van der Waals surface area contributed by atoms with Crippen LogP contribution in [0.25, 0.3) is 0 Å². The Balaban J connectivity index is 0.000000213. The summed E-state index contributed by atoms with van der Waals surface area (Å²) >= 11 is 0. The zero-order valence-electron chi connectivity index (χ0n) is 50.3. The number of amides is 1. The molecular weight excluding hydrogens is 985 g/mol. The number of nitrogens with zero attached hydrogens (tertiary/aromatic N) is 5. The second-order valence-corrected chi connectivity index (χ2v) is 24.0. The van der Waals surface area contributed by atoms with Gasteiger partial charge in [-0.15, -0.1) is 0 Å². The predicted octanol–water partition coefficient (Wildman–Crippen LogP) is 13.1. The lowest BCUT2D eigenvalue weighted by Gasteiger charge is -2.37. The van der Waals surface area contributed by atoms with Gasteiger partial charge in [0.2, 0.25) is 5.91 Å². The van der Waals surface area contributed by atoms with Gasteiger partial charge in [-0.2, -0.15) is 0 Å². The Hall–Kier alpha value is -5.59. The summed E-state index contributed by atoms with van der Waals surface area (Å²) in [5.74, 6) is 5.03. The van der Waals surface area contributed by atoms with Crippen molar-refractivity contribution in [2.45, 2.75) is 131 Å². The summed E-state index contributed by atoms with van der Waals surface area (Å²) in [7, 11) is 3.17. The number of amidine groups is 1. The predicted molar refractivity (Wildman–Crippen MR) is 330 cm³/mol. The summed E-state index contributed by atoms with van der Waals surface area (Å²) in [4.78, 5) is 48.6. The number of aliphatic imine (C=N–C) groups is 1. The van der Waals surface area contributed by atoms with Crippen LogP contribution in [-0.4, -0.2) is 133 Å². The summed E-state index contributed by atoms with van der Waals surface area (Å²) in [6, 6.07) is 41.3. The Morgan fingerprint density at radius 1 is 0.590 bits per heavy atom. The van der Waals surface area contributed by atoms with Crippen LogP contribution in [0.2, 0.25) is 0 Å². The molecule has 11 heteroatoms. The van der Waals surface area contributed by atoms with Crippen LogP contribution >= 0.6 is 0 Å². The number of hydrogen-bond acceptors (Lipinski definition) is 9. The molecule has 5 aromatic rings. The molecule has 2 atom stereocenters. The number of benzene rings is 5. The summed E-state index contributed by atoms with van der Waals surface area (Å²) in [6.07, 6.45) is 2.88. The molecule has 3 aliphatic heterocycles. The topological polar surface area (TPSA) is 106 Å². The van der Waals surface area contributed by atoms with Gasteiger partial charge >= 0.3 is 0 Å². The van der Waals surface area contributed by atoms with Gasteiger partial charge in [-0.25, -0.2) is 0 Å². The largest absolute Gasteiger partial charge is 0.370 e. The monoisotopic (exact) mass is 1080 g/mol. The normalized spacial score (nSPS) is 16.4. The van der Waals surface area contributed by atoms with Crippen molar-refractivity contribution < 1.29 is 18.6 Å². The van der Waals surface area contributed by atoms with Crippen LogP contribution in [-0.2, 0) is 21.3 Å². The third kappa shape index (κ3) is 21.6. The van der Waals surface area contributed by atoms with Gasteiger partial charge in [0.25, 0.3) is 0 Å². The summed E-state index contributed by atoms with van der Waals surface area (Å²) in [6.45, 7) is 35.1. The molecule has 2 fully saturated rings. The number of rotatable bonds is 14. The SMILES string of the molecule is CC(=O)c1ccc(C(C)C)cc1.CC(C)c1ccc(C2=NCCCN2)cc1.CC(C)c1ccc(C2C(=O)N(C)CCN2C)cc1.CC(C)c1ccc(CS(C)=O)cc1.CCN1CCN(CC(=O)c2ccc(C(C)C)cc2)CC1. The number of likely N-dealkylation sites (N-methyl/N-ethyl adjacent to an activating group) is 3. The third-order valence-corrected chi connectivity index (χ3v) is 15.4. The van der Waals surface area contributed by atoms with Crippen molar-refractivity contribution in [3.05, 3.63) is 177 Å². The maximum atomic E-state index is 12.3. The molecule has 0 bridgehead atoms. The van der Waals surface area contributed by atoms with E-state index in [0.717, 1.165) is 93.4 Å². The molecule has 2 saturated heterocycles. The summed E-state index contributed by atoms with van der Waals surface area (Å²) < 4.78 is 10.9. The van der Waals surface area contributed by atoms with Gasteiger partial charge in [-0.05, 0) is 95.5 Å². The molecule has 1 amide bonds. The lowest BCUT2D eigenvalue weighted by molar-refractivity contribution is -0.139. The van der Waals surface area contributed by atoms with E-state index in [-0.39, 0.29) is 23.5 Å². The standard InChI is InChI=1S/C17H26N2O.C15H22N2O.C13H18N2.C11H16OS.C11H14O/c1-4-18-9-11-19(12-10-18)13-17(20)16-7-5-15(6-8-16)14(2)3;1-11(2)12-5-7-13(8-6-12)14-15(18)17(4)10-9-16(14)3;1-10(2)11-4-6-12(7-5-11)13-14-8-3-9-15-13;1-9(2)11-6-4-10(5-7-11)8-13(3)12;1-8(2)10-4-6-11(7-5-10)9(3)12/h5-8,14H,4,9-13H2,1-3H3;5-8,11,14H,9-10H2,1-4H3;4-7,10H,3,8-9H2,1-2H3,(H,14,15);4-7,9H,8H2,1-3H3;4-8H,1-3H3. The highest BCUT2D eigenvalue weighted by molar-refractivity contribution is 7.83. The average molecular weight is 1080 g/mol. The first-order chi connectivity index (χ1) is 37.1. The van der Waals surface area contributed by atoms with Crippen LogP contribution in [0.15, 0.2) is 126 Å². The highest BCUT2D eigenvalue weighted by Gasteiger charge is 2.32. The van der Waals surface area contributed by atoms with Crippen molar-refractivity contribution >= 4 is 34.1 Å². The maximum Gasteiger partial charge on any atom is 0.244 e. The first-order valence-electron chi connectivity index (χ1n) is 28.6. The number of Topliss-reactive ketones (excluding diaryl/α,β-unsaturated/α-hetero) is 2. The Morgan fingerprint density at radius 2 is 1.01 bits per heavy atom. The van der Waals surface area contributed by atoms with E-state index < -0.39 is 10.8 Å². The van der Waals surface area contributed by atoms with Crippen molar-refractivity contribution in [3.63, 3.8) is 0 Å². The molecule has 0 radical (unpaired) electrons. The molecule has 1 N–H and O–H groups in total. The first-order valence-corrected chi connectivity index (χ1v) is 30.3. The van der Waals surface area contributed by atoms with E-state index in [0.29, 0.717) is 41.9 Å². The molecule has 3 aliphatic rings. The second kappa shape index (κ2) is 33.1. The van der Waals surface area contributed by atoms with E-state index in [1.54, 1.807) is 13.2 Å². The highest BCUT2D eigenvalue weighted by Crippen LogP contribution is 2.27. The van der Waals surface area contributed by atoms with Crippen molar-refractivity contribution in [3.8, 4) is 0 Å². The Labute approximate surface area is 474 Å². The van der Waals surface area contributed by atoms with Crippen LogP contribution in [0.4, 0.5) is 0 Å². The quantitative estimate of drug-likeness (QED) is 0.110. The van der Waals surface area contributed by atoms with Crippen LogP contribution in [0, 0.1) is 0 Å². The fraction of sp³-hybridized carbons (Fsp3) is 0.493. The Bertz CT molecular complexity index is 2620. The number of nitrogens with one attached hydrogen (secondary N) is 1. The molecule has 0 aromatic heterocycles. The highest BCUT2D eigenvalue weighted by atomic mass is 32.2. The maximum absolute atomic E-state index is 12.3. The molecule has 424 valence electrons. The molecule has 0 saturated carbocycles. The minimum atomic E-state index is -0.734. The molecule has 0 aliphatic carbocycles. The van der Waals surface area contributed by atoms with E-state index in [4.69, 9.17) is 0 Å². The van der Waals surface area contributed by atoms with Crippen molar-refractivity contribution in [1.29, 1.82) is 0 Å². The van der Waals surface area contributed by atoms with E-state index in [2.05, 4.69) is 186 Å². The molecule has 3 heterocycles. The van der Waals surface area contributed by atoms with E-state index in [1.807, 2.05) is 55.4 Å².